The summed E-state index contributed by atoms with van der Waals surface area (Å²) in [7, 11) is 0. The van der Waals surface area contributed by atoms with Crippen LogP contribution in [0.1, 0.15) is 15.9 Å². The van der Waals surface area contributed by atoms with Crippen LogP contribution in [0.2, 0.25) is 0 Å². The Hall–Kier alpha value is -2.39. The molecule has 0 unspecified atom stereocenters. The second-order valence-corrected chi connectivity index (χ2v) is 4.14. The smallest absolute Gasteiger partial charge is 0.337 e. The van der Waals surface area contributed by atoms with E-state index < -0.39 is 11.5 Å². The Labute approximate surface area is 99.6 Å². The first-order chi connectivity index (χ1) is 8.13. The number of nitrogens with one attached hydrogen (secondary N) is 1. The predicted molar refractivity (Wildman–Crippen MR) is 62.1 cm³/mol. The number of nitriles is 1. The summed E-state index contributed by atoms with van der Waals surface area (Å²) in [5.41, 5.74) is -0.936. The number of nitrogens with zero attached hydrogens (tertiary/aromatic N) is 1. The normalized spacial score (nSPS) is 9.82. The van der Waals surface area contributed by atoms with Crippen molar-refractivity contribution in [1.29, 1.82) is 5.26 Å². The molecule has 17 heavy (non-hydrogen) atoms. The van der Waals surface area contributed by atoms with Crippen molar-refractivity contribution in [3.05, 3.63) is 45.1 Å². The standard InChI is InChI=1S/C11H6N2O3S/c12-5-7-6(11(15)16)4-8(13-10(7)14)9-2-1-3-17-9/h1-4H,(H,13,14)(H,15,16). The zero-order valence-electron chi connectivity index (χ0n) is 8.43. The maximum Gasteiger partial charge on any atom is 0.337 e. The maximum absolute atomic E-state index is 11.6. The predicted octanol–water partition coefficient (Wildman–Crippen LogP) is 1.67. The van der Waals surface area contributed by atoms with Crippen LogP contribution in [-0.2, 0) is 0 Å². The van der Waals surface area contributed by atoms with Gasteiger partial charge in [0.15, 0.2) is 0 Å². The van der Waals surface area contributed by atoms with Gasteiger partial charge in [-0.2, -0.15) is 5.26 Å². The van der Waals surface area contributed by atoms with Crippen molar-refractivity contribution in [1.82, 2.24) is 4.98 Å². The third kappa shape index (κ3) is 1.96. The zero-order chi connectivity index (χ0) is 12.4. The van der Waals surface area contributed by atoms with E-state index in [9.17, 15) is 9.59 Å². The lowest BCUT2D eigenvalue weighted by Gasteiger charge is -2.01. The summed E-state index contributed by atoms with van der Waals surface area (Å²) in [6, 6.07) is 6.44. The molecule has 0 aliphatic heterocycles. The van der Waals surface area contributed by atoms with Crippen LogP contribution in [0.15, 0.2) is 28.4 Å². The second kappa shape index (κ2) is 4.23. The van der Waals surface area contributed by atoms with Gasteiger partial charge in [-0.15, -0.1) is 11.3 Å². The van der Waals surface area contributed by atoms with E-state index in [1.54, 1.807) is 18.2 Å². The Morgan fingerprint density at radius 3 is 2.82 bits per heavy atom. The van der Waals surface area contributed by atoms with E-state index in [-0.39, 0.29) is 11.1 Å². The van der Waals surface area contributed by atoms with E-state index in [0.717, 1.165) is 4.88 Å². The minimum Gasteiger partial charge on any atom is -0.478 e. The van der Waals surface area contributed by atoms with Gasteiger partial charge in [-0.05, 0) is 17.5 Å². The number of pyridine rings is 1. The van der Waals surface area contributed by atoms with Crippen LogP contribution in [0.5, 0.6) is 0 Å². The number of aromatic carboxylic acids is 1. The topological polar surface area (TPSA) is 93.9 Å². The molecule has 0 aliphatic rings. The number of hydrogen-bond acceptors (Lipinski definition) is 4. The summed E-state index contributed by atoms with van der Waals surface area (Å²) in [5.74, 6) is -1.29. The number of aromatic amines is 1. The van der Waals surface area contributed by atoms with Gasteiger partial charge in [0.25, 0.3) is 5.56 Å². The van der Waals surface area contributed by atoms with Crippen molar-refractivity contribution >= 4 is 17.3 Å². The molecule has 2 heterocycles. The van der Waals surface area contributed by atoms with Gasteiger partial charge in [0.1, 0.15) is 11.6 Å². The molecule has 0 saturated carbocycles. The lowest BCUT2D eigenvalue weighted by molar-refractivity contribution is 0.0696. The van der Waals surface area contributed by atoms with Crippen LogP contribution in [0.3, 0.4) is 0 Å². The fourth-order valence-corrected chi connectivity index (χ4v) is 2.10. The van der Waals surface area contributed by atoms with Crippen LogP contribution in [0, 0.1) is 11.3 Å². The summed E-state index contributed by atoms with van der Waals surface area (Å²) in [4.78, 5) is 25.7. The van der Waals surface area contributed by atoms with Gasteiger partial charge >= 0.3 is 5.97 Å². The van der Waals surface area contributed by atoms with Crippen molar-refractivity contribution in [3.8, 4) is 16.6 Å². The summed E-state index contributed by atoms with van der Waals surface area (Å²) >= 11 is 1.37. The van der Waals surface area contributed by atoms with Gasteiger partial charge in [-0.25, -0.2) is 4.79 Å². The Balaban J connectivity index is 2.72. The monoisotopic (exact) mass is 246 g/mol. The maximum atomic E-state index is 11.6. The number of aromatic nitrogens is 1. The Bertz CT molecular complexity index is 665. The highest BCUT2D eigenvalue weighted by atomic mass is 32.1. The summed E-state index contributed by atoms with van der Waals surface area (Å²) in [6.45, 7) is 0. The first-order valence-electron chi connectivity index (χ1n) is 4.58. The number of H-pyrrole nitrogens is 1. The van der Waals surface area contributed by atoms with Gasteiger partial charge in [0, 0.05) is 0 Å². The first-order valence-corrected chi connectivity index (χ1v) is 5.46. The fourth-order valence-electron chi connectivity index (χ4n) is 1.40. The molecule has 0 bridgehead atoms. The van der Waals surface area contributed by atoms with Crippen LogP contribution in [0.25, 0.3) is 10.6 Å². The molecule has 2 aromatic heterocycles. The van der Waals surface area contributed by atoms with Gasteiger partial charge in [-0.3, -0.25) is 4.79 Å². The molecule has 0 amide bonds. The van der Waals surface area contributed by atoms with Crippen LogP contribution < -0.4 is 5.56 Å². The molecule has 84 valence electrons. The number of thiophene rings is 1. The van der Waals surface area contributed by atoms with Crippen molar-refractivity contribution in [2.24, 2.45) is 0 Å². The number of carboxylic acid groups (broad SMARTS) is 1. The highest BCUT2D eigenvalue weighted by molar-refractivity contribution is 7.13. The number of carboxylic acids is 1. The molecule has 2 rings (SSSR count). The van der Waals surface area contributed by atoms with Crippen molar-refractivity contribution in [3.63, 3.8) is 0 Å². The quantitative estimate of drug-likeness (QED) is 0.842. The Morgan fingerprint density at radius 2 is 2.29 bits per heavy atom. The summed E-state index contributed by atoms with van der Waals surface area (Å²) in [6.07, 6.45) is 0. The highest BCUT2D eigenvalue weighted by Crippen LogP contribution is 2.23. The molecule has 2 aromatic rings. The average molecular weight is 246 g/mol. The molecule has 2 N–H and O–H groups in total. The van der Waals surface area contributed by atoms with E-state index in [2.05, 4.69) is 4.98 Å². The average Bonchev–Trinajstić information content (AvgIpc) is 2.81. The van der Waals surface area contributed by atoms with Crippen molar-refractivity contribution < 1.29 is 9.90 Å². The third-order valence-electron chi connectivity index (χ3n) is 2.16. The lowest BCUT2D eigenvalue weighted by atomic mass is 10.1. The van der Waals surface area contributed by atoms with Gasteiger partial charge in [0.2, 0.25) is 0 Å². The van der Waals surface area contributed by atoms with Crippen LogP contribution in [-0.4, -0.2) is 16.1 Å². The Kier molecular flexibility index (Phi) is 2.77. The molecule has 0 aromatic carbocycles. The highest BCUT2D eigenvalue weighted by Gasteiger charge is 2.16. The minimum atomic E-state index is -1.29. The Morgan fingerprint density at radius 1 is 1.53 bits per heavy atom. The summed E-state index contributed by atoms with van der Waals surface area (Å²) < 4.78 is 0. The second-order valence-electron chi connectivity index (χ2n) is 3.20. The first kappa shape index (κ1) is 11.1. The van der Waals surface area contributed by atoms with Crippen LogP contribution in [0.4, 0.5) is 0 Å². The van der Waals surface area contributed by atoms with Crippen LogP contribution >= 0.6 is 11.3 Å². The molecule has 0 atom stereocenters. The minimum absolute atomic E-state index is 0.278. The molecule has 0 fully saturated rings. The molecule has 0 spiro atoms. The molecule has 6 heteroatoms. The van der Waals surface area contributed by atoms with E-state index in [1.807, 2.05) is 5.38 Å². The van der Waals surface area contributed by atoms with E-state index in [4.69, 9.17) is 10.4 Å². The van der Waals surface area contributed by atoms with E-state index in [1.165, 1.54) is 17.4 Å². The molecular formula is C11H6N2O3S. The number of hydrogen-bond donors (Lipinski definition) is 2. The molecule has 0 radical (unpaired) electrons. The van der Waals surface area contributed by atoms with Gasteiger partial charge < -0.3 is 10.1 Å². The summed E-state index contributed by atoms with van der Waals surface area (Å²) in [5, 5.41) is 19.5. The lowest BCUT2D eigenvalue weighted by Crippen LogP contribution is -2.16. The molecular weight excluding hydrogens is 240 g/mol. The SMILES string of the molecule is N#Cc1c(C(=O)O)cc(-c2cccs2)[nH]c1=O. The molecule has 0 saturated heterocycles. The van der Waals surface area contributed by atoms with Crippen molar-refractivity contribution in [2.45, 2.75) is 0 Å². The third-order valence-corrected chi connectivity index (χ3v) is 3.07. The van der Waals surface area contributed by atoms with Crippen molar-refractivity contribution in [2.75, 3.05) is 0 Å². The van der Waals surface area contributed by atoms with E-state index >= 15 is 0 Å². The van der Waals surface area contributed by atoms with Gasteiger partial charge in [0.05, 0.1) is 16.1 Å². The van der Waals surface area contributed by atoms with E-state index in [0.29, 0.717) is 5.69 Å². The molecule has 0 aliphatic carbocycles. The number of carbonyl (C=O) groups is 1. The molecule has 5 nitrogen and oxygen atoms in total. The zero-order valence-corrected chi connectivity index (χ0v) is 9.25. The van der Waals surface area contributed by atoms with Gasteiger partial charge in [-0.1, -0.05) is 6.07 Å². The fraction of sp³-hybridized carbons (Fsp3) is 0. The largest absolute Gasteiger partial charge is 0.478 e. The number of rotatable bonds is 2.